The van der Waals surface area contributed by atoms with Crippen LogP contribution in [0.5, 0.6) is 0 Å². The predicted molar refractivity (Wildman–Crippen MR) is 127 cm³/mol. The first-order valence-corrected chi connectivity index (χ1v) is 13.3. The molecule has 1 fully saturated rings. The Balaban J connectivity index is 0.000000540. The van der Waals surface area contributed by atoms with Crippen LogP contribution in [0.3, 0.4) is 0 Å². The molecular formula is C22H28F3N3O5S2. The minimum Gasteiger partial charge on any atom is -0.475 e. The van der Waals surface area contributed by atoms with Crippen LogP contribution in [-0.2, 0) is 21.2 Å². The van der Waals surface area contributed by atoms with Gasteiger partial charge in [-0.3, -0.25) is 4.79 Å². The smallest absolute Gasteiger partial charge is 0.475 e. The SMILES string of the molecule is O=C(O)C(F)(F)F.O=C(c1cccs1)N(CCCc1ccccc1)CCS(=O)(=O)N1CCNCC1. The fourth-order valence-corrected chi connectivity index (χ4v) is 5.41. The first-order chi connectivity index (χ1) is 16.5. The van der Waals surface area contributed by atoms with Crippen molar-refractivity contribution in [1.82, 2.24) is 14.5 Å². The number of benzene rings is 1. The van der Waals surface area contributed by atoms with Crippen molar-refractivity contribution in [1.29, 1.82) is 0 Å². The van der Waals surface area contributed by atoms with Crippen molar-refractivity contribution >= 4 is 33.2 Å². The lowest BCUT2D eigenvalue weighted by Gasteiger charge is -2.28. The van der Waals surface area contributed by atoms with Gasteiger partial charge in [-0.25, -0.2) is 13.2 Å². The number of carbonyl (C=O) groups excluding carboxylic acids is 1. The van der Waals surface area contributed by atoms with Crippen LogP contribution in [0.15, 0.2) is 47.8 Å². The number of nitrogens with zero attached hydrogens (tertiary/aromatic N) is 2. The van der Waals surface area contributed by atoms with Gasteiger partial charge in [0.2, 0.25) is 10.0 Å². The standard InChI is InChI=1S/C20H27N3O3S2.C2HF3O2/c24-20(19-9-5-16-27-19)22(12-4-8-18-6-2-1-3-7-18)15-17-28(25,26)23-13-10-21-11-14-23;3-2(4,5)1(6)7/h1-3,5-7,9,16,21H,4,8,10-15,17H2;(H,6,7). The molecule has 0 aliphatic carbocycles. The number of amides is 1. The van der Waals surface area contributed by atoms with Gasteiger partial charge >= 0.3 is 12.1 Å². The molecule has 13 heteroatoms. The summed E-state index contributed by atoms with van der Waals surface area (Å²) in [7, 11) is -3.36. The lowest BCUT2D eigenvalue weighted by atomic mass is 10.1. The number of carboxylic acids is 1. The van der Waals surface area contributed by atoms with Crippen LogP contribution in [0.2, 0.25) is 0 Å². The van der Waals surface area contributed by atoms with Gasteiger partial charge in [0.05, 0.1) is 10.6 Å². The molecule has 1 amide bonds. The largest absolute Gasteiger partial charge is 0.490 e. The molecule has 2 aromatic rings. The molecular weight excluding hydrogens is 507 g/mol. The number of alkyl halides is 3. The van der Waals surface area contributed by atoms with Crippen molar-refractivity contribution in [3.63, 3.8) is 0 Å². The number of aryl methyl sites for hydroxylation is 1. The van der Waals surface area contributed by atoms with Crippen LogP contribution < -0.4 is 5.32 Å². The van der Waals surface area contributed by atoms with Crippen molar-refractivity contribution < 1.29 is 36.3 Å². The maximum absolute atomic E-state index is 12.9. The van der Waals surface area contributed by atoms with Crippen molar-refractivity contribution in [2.24, 2.45) is 0 Å². The summed E-state index contributed by atoms with van der Waals surface area (Å²) < 4.78 is 58.6. The van der Waals surface area contributed by atoms with E-state index in [-0.39, 0.29) is 18.2 Å². The van der Waals surface area contributed by atoms with Crippen LogP contribution in [0.1, 0.15) is 21.7 Å². The molecule has 1 aromatic heterocycles. The Hall–Kier alpha value is -2.48. The maximum Gasteiger partial charge on any atom is 0.490 e. The number of thiophene rings is 1. The molecule has 8 nitrogen and oxygen atoms in total. The summed E-state index contributed by atoms with van der Waals surface area (Å²) in [4.78, 5) is 24.1. The van der Waals surface area contributed by atoms with Gasteiger partial charge in [0, 0.05) is 39.3 Å². The van der Waals surface area contributed by atoms with E-state index in [1.165, 1.54) is 21.2 Å². The Morgan fingerprint density at radius 2 is 1.69 bits per heavy atom. The number of aliphatic carboxylic acids is 1. The van der Waals surface area contributed by atoms with Crippen LogP contribution in [0, 0.1) is 0 Å². The van der Waals surface area contributed by atoms with E-state index in [0.29, 0.717) is 37.6 Å². The Kier molecular flexibility index (Phi) is 11.1. The van der Waals surface area contributed by atoms with E-state index in [4.69, 9.17) is 9.90 Å². The first-order valence-electron chi connectivity index (χ1n) is 10.9. The van der Waals surface area contributed by atoms with E-state index in [9.17, 15) is 26.4 Å². The summed E-state index contributed by atoms with van der Waals surface area (Å²) in [5.74, 6) is -2.87. The second-order valence-corrected chi connectivity index (χ2v) is 10.7. The fraction of sp³-hybridized carbons (Fsp3) is 0.455. The number of carbonyl (C=O) groups is 2. The zero-order chi connectivity index (χ0) is 25.9. The van der Waals surface area contributed by atoms with Crippen molar-refractivity contribution in [3.8, 4) is 0 Å². The fourth-order valence-electron chi connectivity index (χ4n) is 3.27. The summed E-state index contributed by atoms with van der Waals surface area (Å²) in [6.45, 7) is 3.10. The second kappa shape index (κ2) is 13.6. The molecule has 0 spiro atoms. The molecule has 1 aromatic carbocycles. The zero-order valence-electron chi connectivity index (χ0n) is 18.9. The monoisotopic (exact) mass is 535 g/mol. The molecule has 0 radical (unpaired) electrons. The van der Waals surface area contributed by atoms with E-state index in [1.807, 2.05) is 29.6 Å². The number of rotatable bonds is 9. The second-order valence-electron chi connectivity index (χ2n) is 7.63. The molecule has 194 valence electrons. The summed E-state index contributed by atoms with van der Waals surface area (Å²) in [6, 6.07) is 13.8. The molecule has 0 unspecified atom stereocenters. The Labute approximate surface area is 206 Å². The summed E-state index contributed by atoms with van der Waals surface area (Å²) >= 11 is 1.39. The number of sulfonamides is 1. The van der Waals surface area contributed by atoms with Crippen LogP contribution in [-0.4, -0.2) is 85.8 Å². The lowest BCUT2D eigenvalue weighted by Crippen LogP contribution is -2.48. The average Bonchev–Trinajstić information content (AvgIpc) is 3.37. The number of hydrogen-bond donors (Lipinski definition) is 2. The van der Waals surface area contributed by atoms with Gasteiger partial charge in [-0.15, -0.1) is 11.3 Å². The topological polar surface area (TPSA) is 107 Å². The number of hydrogen-bond acceptors (Lipinski definition) is 6. The van der Waals surface area contributed by atoms with Gasteiger partial charge in [0.1, 0.15) is 0 Å². The quantitative estimate of drug-likeness (QED) is 0.512. The highest BCUT2D eigenvalue weighted by Crippen LogP contribution is 2.15. The zero-order valence-corrected chi connectivity index (χ0v) is 20.5. The van der Waals surface area contributed by atoms with Crippen molar-refractivity contribution in [2.75, 3.05) is 45.0 Å². The molecule has 3 rings (SSSR count). The van der Waals surface area contributed by atoms with Gasteiger partial charge < -0.3 is 15.3 Å². The first kappa shape index (κ1) is 28.8. The number of halogens is 3. The predicted octanol–water partition coefficient (Wildman–Crippen LogP) is 2.69. The molecule has 0 atom stereocenters. The van der Waals surface area contributed by atoms with Gasteiger partial charge in [-0.05, 0) is 29.9 Å². The molecule has 0 saturated carbocycles. The van der Waals surface area contributed by atoms with E-state index in [2.05, 4.69) is 17.4 Å². The van der Waals surface area contributed by atoms with Crippen LogP contribution in [0.4, 0.5) is 13.2 Å². The summed E-state index contributed by atoms with van der Waals surface area (Å²) in [5.41, 5.74) is 1.22. The molecule has 0 bridgehead atoms. The van der Waals surface area contributed by atoms with Gasteiger partial charge in [-0.2, -0.15) is 17.5 Å². The minimum atomic E-state index is -5.08. The maximum atomic E-state index is 12.9. The molecule has 2 heterocycles. The molecule has 1 saturated heterocycles. The van der Waals surface area contributed by atoms with Gasteiger partial charge in [-0.1, -0.05) is 36.4 Å². The summed E-state index contributed by atoms with van der Waals surface area (Å²) in [6.07, 6.45) is -3.42. The molecule has 1 aliphatic heterocycles. The number of carboxylic acid groups (broad SMARTS) is 1. The summed E-state index contributed by atoms with van der Waals surface area (Å²) in [5, 5.41) is 12.2. The third-order valence-corrected chi connectivity index (χ3v) is 7.79. The lowest BCUT2D eigenvalue weighted by molar-refractivity contribution is -0.192. The minimum absolute atomic E-state index is 0.0323. The molecule has 2 N–H and O–H groups in total. The normalized spacial score (nSPS) is 14.6. The molecule has 1 aliphatic rings. The van der Waals surface area contributed by atoms with E-state index < -0.39 is 22.2 Å². The highest BCUT2D eigenvalue weighted by Gasteiger charge is 2.38. The van der Waals surface area contributed by atoms with Gasteiger partial charge in [0.25, 0.3) is 5.91 Å². The van der Waals surface area contributed by atoms with Crippen LogP contribution >= 0.6 is 11.3 Å². The number of nitrogens with one attached hydrogen (secondary N) is 1. The Bertz CT molecular complexity index is 1030. The van der Waals surface area contributed by atoms with E-state index in [1.54, 1.807) is 11.0 Å². The third kappa shape index (κ3) is 9.96. The average molecular weight is 536 g/mol. The van der Waals surface area contributed by atoms with E-state index in [0.717, 1.165) is 12.8 Å². The van der Waals surface area contributed by atoms with Crippen LogP contribution in [0.25, 0.3) is 0 Å². The molecule has 35 heavy (non-hydrogen) atoms. The Morgan fingerprint density at radius 3 is 2.23 bits per heavy atom. The van der Waals surface area contributed by atoms with Gasteiger partial charge in [0.15, 0.2) is 0 Å². The highest BCUT2D eigenvalue weighted by molar-refractivity contribution is 7.89. The van der Waals surface area contributed by atoms with Crippen molar-refractivity contribution in [2.45, 2.75) is 19.0 Å². The van der Waals surface area contributed by atoms with Crippen molar-refractivity contribution in [3.05, 3.63) is 58.3 Å². The number of piperazine rings is 1. The Morgan fingerprint density at radius 1 is 1.06 bits per heavy atom. The van der Waals surface area contributed by atoms with E-state index >= 15 is 0 Å². The third-order valence-electron chi connectivity index (χ3n) is 5.09. The highest BCUT2D eigenvalue weighted by atomic mass is 32.2.